The Bertz CT molecular complexity index is 946. The van der Waals surface area contributed by atoms with E-state index in [1.165, 1.54) is 15.9 Å². The van der Waals surface area contributed by atoms with Crippen molar-refractivity contribution in [2.45, 2.75) is 51.0 Å². The number of amides is 1. The summed E-state index contributed by atoms with van der Waals surface area (Å²) in [5.74, 6) is 0.271. The normalized spacial score (nSPS) is 17.1. The second kappa shape index (κ2) is 9.09. The summed E-state index contributed by atoms with van der Waals surface area (Å²) >= 11 is 0. The zero-order valence-electron chi connectivity index (χ0n) is 17.4. The number of aryl methyl sites for hydroxylation is 1. The highest BCUT2D eigenvalue weighted by atomic mass is 32.2. The molecule has 0 spiro atoms. The van der Waals surface area contributed by atoms with Crippen LogP contribution in [0.5, 0.6) is 0 Å². The molecular formula is C23H30N2O3S. The lowest BCUT2D eigenvalue weighted by atomic mass is 10.0. The number of sulfonamides is 1. The molecule has 156 valence electrons. The Morgan fingerprint density at radius 3 is 2.41 bits per heavy atom. The number of rotatable bonds is 6. The Balaban J connectivity index is 1.73. The molecule has 2 aromatic carbocycles. The summed E-state index contributed by atoms with van der Waals surface area (Å²) in [5.41, 5.74) is 2.62. The number of hydrogen-bond donors (Lipinski definition) is 1. The zero-order chi connectivity index (χ0) is 21.0. The van der Waals surface area contributed by atoms with Gasteiger partial charge in [0.1, 0.15) is 0 Å². The molecule has 0 bridgehead atoms. The summed E-state index contributed by atoms with van der Waals surface area (Å²) in [6, 6.07) is 14.3. The second-order valence-corrected chi connectivity index (χ2v) is 9.84. The number of carbonyl (C=O) groups is 1. The Labute approximate surface area is 174 Å². The lowest BCUT2D eigenvalue weighted by Gasteiger charge is -2.29. The molecule has 1 aliphatic heterocycles. The lowest BCUT2D eigenvalue weighted by molar-refractivity contribution is 0.0939. The smallest absolute Gasteiger partial charge is 0.251 e. The Morgan fingerprint density at radius 2 is 1.79 bits per heavy atom. The van der Waals surface area contributed by atoms with Crippen molar-refractivity contribution in [2.24, 2.45) is 5.92 Å². The largest absolute Gasteiger partial charge is 0.346 e. The third-order valence-corrected chi connectivity index (χ3v) is 7.61. The third kappa shape index (κ3) is 5.06. The molecule has 0 radical (unpaired) electrons. The number of carbonyl (C=O) groups excluding carboxylic acids is 1. The maximum atomic E-state index is 13.0. The highest BCUT2D eigenvalue weighted by Crippen LogP contribution is 2.24. The quantitative estimate of drug-likeness (QED) is 0.772. The van der Waals surface area contributed by atoms with E-state index in [0.717, 1.165) is 24.8 Å². The van der Waals surface area contributed by atoms with E-state index in [0.29, 0.717) is 24.6 Å². The molecule has 6 heteroatoms. The van der Waals surface area contributed by atoms with Gasteiger partial charge in [0, 0.05) is 18.7 Å². The molecule has 1 atom stereocenters. The van der Waals surface area contributed by atoms with Crippen LogP contribution in [0.15, 0.2) is 53.4 Å². The van der Waals surface area contributed by atoms with Gasteiger partial charge in [-0.05, 0) is 61.4 Å². The molecule has 0 saturated carbocycles. The van der Waals surface area contributed by atoms with Crippen molar-refractivity contribution in [2.75, 3.05) is 13.1 Å². The van der Waals surface area contributed by atoms with E-state index >= 15 is 0 Å². The summed E-state index contributed by atoms with van der Waals surface area (Å²) < 4.78 is 27.5. The number of nitrogens with zero attached hydrogens (tertiary/aromatic N) is 1. The summed E-state index contributed by atoms with van der Waals surface area (Å²) in [6.07, 6.45) is 2.71. The number of nitrogens with one attached hydrogen (secondary N) is 1. The molecule has 1 heterocycles. The molecule has 1 aliphatic rings. The van der Waals surface area contributed by atoms with Crippen LogP contribution in [0.3, 0.4) is 0 Å². The molecule has 1 saturated heterocycles. The van der Waals surface area contributed by atoms with Gasteiger partial charge in [-0.3, -0.25) is 4.79 Å². The first-order valence-electron chi connectivity index (χ1n) is 10.3. The van der Waals surface area contributed by atoms with E-state index in [1.807, 2.05) is 19.1 Å². The fourth-order valence-corrected chi connectivity index (χ4v) is 5.09. The van der Waals surface area contributed by atoms with Gasteiger partial charge in [-0.1, -0.05) is 44.2 Å². The number of benzene rings is 2. The Hall–Kier alpha value is -2.18. The first-order chi connectivity index (χ1) is 13.8. The molecular weight excluding hydrogens is 384 g/mol. The van der Waals surface area contributed by atoms with Gasteiger partial charge in [0.15, 0.2) is 0 Å². The molecule has 1 amide bonds. The van der Waals surface area contributed by atoms with Crippen LogP contribution in [-0.2, 0) is 16.4 Å². The molecule has 0 aliphatic carbocycles. The van der Waals surface area contributed by atoms with Crippen molar-refractivity contribution in [1.82, 2.24) is 9.62 Å². The highest BCUT2D eigenvalue weighted by Gasteiger charge is 2.28. The summed E-state index contributed by atoms with van der Waals surface area (Å²) in [6.45, 7) is 7.24. The lowest BCUT2D eigenvalue weighted by Crippen LogP contribution is -2.38. The van der Waals surface area contributed by atoms with E-state index in [4.69, 9.17) is 0 Å². The van der Waals surface area contributed by atoms with Crippen LogP contribution < -0.4 is 5.32 Å². The van der Waals surface area contributed by atoms with Crippen molar-refractivity contribution < 1.29 is 13.2 Å². The second-order valence-electron chi connectivity index (χ2n) is 7.90. The van der Waals surface area contributed by atoms with Gasteiger partial charge in [0.25, 0.3) is 5.91 Å². The van der Waals surface area contributed by atoms with Crippen LogP contribution in [0.4, 0.5) is 0 Å². The standard InChI is InChI=1S/C23H30N2O3S/c1-4-19-8-10-20(11-9-19)18(3)24-23(26)21-6-5-7-22(16-21)29(27,28)25-14-12-17(2)13-15-25/h5-11,16-18H,4,12-15H2,1-3H3,(H,24,26). The molecule has 1 N–H and O–H groups in total. The van der Waals surface area contributed by atoms with Gasteiger partial charge in [0.05, 0.1) is 10.9 Å². The number of hydrogen-bond acceptors (Lipinski definition) is 3. The van der Waals surface area contributed by atoms with Crippen LogP contribution in [0.2, 0.25) is 0 Å². The SMILES string of the molecule is CCc1ccc(C(C)NC(=O)c2cccc(S(=O)(=O)N3CCC(C)CC3)c2)cc1. The summed E-state index contributed by atoms with van der Waals surface area (Å²) in [5, 5.41) is 2.97. The molecule has 2 aromatic rings. The minimum atomic E-state index is -3.58. The topological polar surface area (TPSA) is 66.5 Å². The molecule has 3 rings (SSSR count). The van der Waals surface area contributed by atoms with Crippen molar-refractivity contribution in [3.8, 4) is 0 Å². The van der Waals surface area contributed by atoms with E-state index in [-0.39, 0.29) is 16.8 Å². The highest BCUT2D eigenvalue weighted by molar-refractivity contribution is 7.89. The molecule has 1 fully saturated rings. The van der Waals surface area contributed by atoms with Crippen molar-refractivity contribution in [3.05, 3.63) is 65.2 Å². The summed E-state index contributed by atoms with van der Waals surface area (Å²) in [4.78, 5) is 12.9. The first-order valence-corrected chi connectivity index (χ1v) is 11.7. The average molecular weight is 415 g/mol. The maximum absolute atomic E-state index is 13.0. The fourth-order valence-electron chi connectivity index (χ4n) is 3.58. The Kier molecular flexibility index (Phi) is 6.75. The average Bonchev–Trinajstić information content (AvgIpc) is 2.74. The van der Waals surface area contributed by atoms with Crippen LogP contribution in [-0.4, -0.2) is 31.7 Å². The molecule has 5 nitrogen and oxygen atoms in total. The van der Waals surface area contributed by atoms with E-state index in [1.54, 1.807) is 18.2 Å². The maximum Gasteiger partial charge on any atom is 0.251 e. The number of piperidine rings is 1. The molecule has 29 heavy (non-hydrogen) atoms. The van der Waals surface area contributed by atoms with Gasteiger partial charge < -0.3 is 5.32 Å². The minimum absolute atomic E-state index is 0.169. The van der Waals surface area contributed by atoms with Crippen LogP contribution >= 0.6 is 0 Å². The van der Waals surface area contributed by atoms with Crippen LogP contribution in [0, 0.1) is 5.92 Å². The van der Waals surface area contributed by atoms with Crippen molar-refractivity contribution in [3.63, 3.8) is 0 Å². The molecule has 1 unspecified atom stereocenters. The summed E-state index contributed by atoms with van der Waals surface area (Å²) in [7, 11) is -3.58. The monoisotopic (exact) mass is 414 g/mol. The van der Waals surface area contributed by atoms with E-state index in [2.05, 4.69) is 31.3 Å². The Morgan fingerprint density at radius 1 is 1.14 bits per heavy atom. The van der Waals surface area contributed by atoms with Gasteiger partial charge >= 0.3 is 0 Å². The minimum Gasteiger partial charge on any atom is -0.346 e. The van der Waals surface area contributed by atoms with Crippen molar-refractivity contribution in [1.29, 1.82) is 0 Å². The van der Waals surface area contributed by atoms with E-state index in [9.17, 15) is 13.2 Å². The third-order valence-electron chi connectivity index (χ3n) is 5.71. The first kappa shape index (κ1) is 21.5. The van der Waals surface area contributed by atoms with Gasteiger partial charge in [0.2, 0.25) is 10.0 Å². The van der Waals surface area contributed by atoms with Crippen LogP contribution in [0.1, 0.15) is 61.1 Å². The van der Waals surface area contributed by atoms with Crippen molar-refractivity contribution >= 4 is 15.9 Å². The zero-order valence-corrected chi connectivity index (χ0v) is 18.2. The predicted octanol–water partition coefficient (Wildman–Crippen LogP) is 4.16. The predicted molar refractivity (Wildman–Crippen MR) is 115 cm³/mol. The molecule has 0 aromatic heterocycles. The van der Waals surface area contributed by atoms with E-state index < -0.39 is 10.0 Å². The van der Waals surface area contributed by atoms with Gasteiger partial charge in [-0.15, -0.1) is 0 Å². The van der Waals surface area contributed by atoms with Gasteiger partial charge in [-0.2, -0.15) is 4.31 Å². The van der Waals surface area contributed by atoms with Gasteiger partial charge in [-0.25, -0.2) is 8.42 Å². The fraction of sp³-hybridized carbons (Fsp3) is 0.435. The van der Waals surface area contributed by atoms with Crippen LogP contribution in [0.25, 0.3) is 0 Å².